The Kier molecular flexibility index (Phi) is 10.6. The molecule has 1 aliphatic carbocycles. The Hall–Kier alpha value is -4.49. The molecule has 0 radical (unpaired) electrons. The van der Waals surface area contributed by atoms with E-state index in [4.69, 9.17) is 15.2 Å². The van der Waals surface area contributed by atoms with Crippen molar-refractivity contribution in [2.24, 2.45) is 5.73 Å². The van der Waals surface area contributed by atoms with E-state index in [1.807, 2.05) is 29.0 Å². The highest BCUT2D eigenvalue weighted by Crippen LogP contribution is 2.32. The number of nitrogens with two attached hydrogens (primary N) is 1. The molecule has 4 N–H and O–H groups in total. The normalized spacial score (nSPS) is 15.1. The number of aryl methyl sites for hydroxylation is 1. The Labute approximate surface area is 255 Å². The van der Waals surface area contributed by atoms with Gasteiger partial charge in [-0.3, -0.25) is 14.9 Å². The number of nitro benzene ring substituents is 1. The maximum Gasteiger partial charge on any atom is 0.404 e. The molecule has 2 amide bonds. The minimum Gasteiger partial charge on any atom is -0.490 e. The number of benzene rings is 3. The molecule has 4 rings (SSSR count). The molecule has 3 aromatic rings. The number of carbonyl (C=O) groups is 2. The molecular weight excluding hydrogens is 590 g/mol. The van der Waals surface area contributed by atoms with Crippen molar-refractivity contribution in [1.29, 1.82) is 0 Å². The molecule has 1 aliphatic rings. The molecule has 234 valence electrons. The lowest BCUT2D eigenvalue weighted by molar-refractivity contribution is -0.385. The van der Waals surface area contributed by atoms with E-state index in [-0.39, 0.29) is 29.3 Å². The number of ether oxygens (including phenoxy) is 2. The summed E-state index contributed by atoms with van der Waals surface area (Å²) in [6, 6.07) is 17.9. The van der Waals surface area contributed by atoms with Crippen LogP contribution in [0.4, 0.5) is 10.5 Å². The molecule has 0 aromatic heterocycles. The molecule has 0 saturated heterocycles. The van der Waals surface area contributed by atoms with E-state index in [1.165, 1.54) is 24.3 Å². The Bertz CT molecular complexity index is 1600. The zero-order valence-corrected chi connectivity index (χ0v) is 25.0. The van der Waals surface area contributed by atoms with Crippen LogP contribution in [-0.2, 0) is 21.2 Å². The van der Waals surface area contributed by atoms with Crippen LogP contribution in [0.1, 0.15) is 66.1 Å². The summed E-state index contributed by atoms with van der Waals surface area (Å²) in [6.07, 6.45) is 2.84. The van der Waals surface area contributed by atoms with Gasteiger partial charge < -0.3 is 20.3 Å². The van der Waals surface area contributed by atoms with Crippen molar-refractivity contribution >= 4 is 27.7 Å². The highest BCUT2D eigenvalue weighted by atomic mass is 32.2. The van der Waals surface area contributed by atoms with Gasteiger partial charge in [0.15, 0.2) is 0 Å². The van der Waals surface area contributed by atoms with E-state index < -0.39 is 39.2 Å². The van der Waals surface area contributed by atoms with Crippen molar-refractivity contribution in [3.63, 3.8) is 0 Å². The third-order valence-electron chi connectivity index (χ3n) is 7.40. The maximum absolute atomic E-state index is 12.7. The van der Waals surface area contributed by atoms with Crippen molar-refractivity contribution in [2.45, 2.75) is 63.3 Å². The molecule has 44 heavy (non-hydrogen) atoms. The Morgan fingerprint density at radius 1 is 1.05 bits per heavy atom. The van der Waals surface area contributed by atoms with Crippen LogP contribution in [0.25, 0.3) is 11.1 Å². The summed E-state index contributed by atoms with van der Waals surface area (Å²) in [5, 5.41) is 22.0. The minimum atomic E-state index is -3.77. The summed E-state index contributed by atoms with van der Waals surface area (Å²) in [5.74, 6) is -0.457. The summed E-state index contributed by atoms with van der Waals surface area (Å²) in [6.45, 7) is 0. The number of aliphatic hydroxyl groups is 1. The summed E-state index contributed by atoms with van der Waals surface area (Å²) in [7, 11) is -3.77. The van der Waals surface area contributed by atoms with E-state index in [0.717, 1.165) is 55.1 Å². The van der Waals surface area contributed by atoms with Gasteiger partial charge in [-0.1, -0.05) is 48.9 Å². The average Bonchev–Trinajstić information content (AvgIpc) is 2.98. The van der Waals surface area contributed by atoms with Crippen molar-refractivity contribution in [3.05, 3.63) is 93.5 Å². The van der Waals surface area contributed by atoms with Crippen LogP contribution in [0.15, 0.2) is 66.7 Å². The monoisotopic (exact) mass is 625 g/mol. The van der Waals surface area contributed by atoms with Crippen LogP contribution < -0.4 is 15.2 Å². The number of primary amides is 1. The van der Waals surface area contributed by atoms with E-state index in [0.29, 0.717) is 12.2 Å². The van der Waals surface area contributed by atoms with Crippen LogP contribution in [0.5, 0.6) is 5.75 Å². The van der Waals surface area contributed by atoms with Gasteiger partial charge in [0, 0.05) is 12.1 Å². The molecular formula is C31H35N3O9S. The summed E-state index contributed by atoms with van der Waals surface area (Å²) < 4.78 is 36.8. The molecule has 0 aliphatic heterocycles. The van der Waals surface area contributed by atoms with E-state index in [9.17, 15) is 33.2 Å². The second kappa shape index (κ2) is 14.3. The van der Waals surface area contributed by atoms with Crippen molar-refractivity contribution in [3.8, 4) is 16.9 Å². The fourth-order valence-electron chi connectivity index (χ4n) is 5.21. The molecule has 0 spiro atoms. The second-order valence-electron chi connectivity index (χ2n) is 10.8. The number of hydrogen-bond donors (Lipinski definition) is 3. The number of rotatable bonds is 12. The number of non-ortho nitro benzene ring substituents is 1. The minimum absolute atomic E-state index is 0.0703. The van der Waals surface area contributed by atoms with Gasteiger partial charge in [0.1, 0.15) is 18.0 Å². The van der Waals surface area contributed by atoms with Crippen molar-refractivity contribution in [1.82, 2.24) is 4.72 Å². The van der Waals surface area contributed by atoms with E-state index >= 15 is 0 Å². The number of sulfonamides is 1. The predicted molar refractivity (Wildman–Crippen MR) is 163 cm³/mol. The van der Waals surface area contributed by atoms with Gasteiger partial charge in [-0.15, -0.1) is 0 Å². The molecule has 1 saturated carbocycles. The Morgan fingerprint density at radius 2 is 1.73 bits per heavy atom. The van der Waals surface area contributed by atoms with Crippen LogP contribution >= 0.6 is 0 Å². The molecule has 13 heteroatoms. The van der Waals surface area contributed by atoms with E-state index in [2.05, 4.69) is 0 Å². The summed E-state index contributed by atoms with van der Waals surface area (Å²) >= 11 is 0. The largest absolute Gasteiger partial charge is 0.490 e. The third-order valence-corrected chi connectivity index (χ3v) is 7.95. The number of carbonyl (C=O) groups excluding carboxylic acids is 2. The predicted octanol–water partition coefficient (Wildman–Crippen LogP) is 4.79. The number of amides is 2. The number of nitro groups is 1. The van der Waals surface area contributed by atoms with Crippen LogP contribution in [0.2, 0.25) is 0 Å². The Balaban J connectivity index is 1.51. The van der Waals surface area contributed by atoms with Crippen LogP contribution in [0, 0.1) is 10.1 Å². The van der Waals surface area contributed by atoms with Gasteiger partial charge in [-0.25, -0.2) is 17.9 Å². The standard InChI is InChI=1S/C31H35N3O9S/c1-44(40,41)33-30(36)26-16-15-22(19-28(26)42-25-8-3-2-4-9-25)21-13-10-20(11-14-21)12-17-27(43-31(32)37)29(35)23-6-5-7-24(18-23)34(38)39/h5-7,10-11,13-16,18-19,25,27,29,35H,2-4,8-9,12,17H2,1H3,(H2,32,37)(H,33,36)/t27?,29-/m1/s1. The molecule has 0 heterocycles. The highest BCUT2D eigenvalue weighted by Gasteiger charge is 2.26. The van der Waals surface area contributed by atoms with Gasteiger partial charge in [0.05, 0.1) is 22.8 Å². The molecule has 0 bridgehead atoms. The van der Waals surface area contributed by atoms with E-state index in [1.54, 1.807) is 18.2 Å². The smallest absolute Gasteiger partial charge is 0.404 e. The first-order valence-electron chi connectivity index (χ1n) is 14.2. The fraction of sp³-hybridized carbons (Fsp3) is 0.355. The van der Waals surface area contributed by atoms with Gasteiger partial charge in [-0.05, 0) is 72.9 Å². The summed E-state index contributed by atoms with van der Waals surface area (Å²) in [4.78, 5) is 34.8. The van der Waals surface area contributed by atoms with Gasteiger partial charge >= 0.3 is 6.09 Å². The topological polar surface area (TPSA) is 188 Å². The SMILES string of the molecule is CS(=O)(=O)NC(=O)c1ccc(-c2ccc(CCC(OC(N)=O)[C@H](O)c3cccc([N+](=O)[O-])c3)cc2)cc1OC1CCCCC1. The molecule has 1 unspecified atom stereocenters. The van der Waals surface area contributed by atoms with Crippen molar-refractivity contribution < 1.29 is 37.5 Å². The number of hydrogen-bond acceptors (Lipinski definition) is 9. The third kappa shape index (κ3) is 9.01. The molecule has 2 atom stereocenters. The maximum atomic E-state index is 12.7. The number of nitrogens with one attached hydrogen (secondary N) is 1. The molecule has 12 nitrogen and oxygen atoms in total. The zero-order valence-electron chi connectivity index (χ0n) is 24.2. The fourth-order valence-corrected chi connectivity index (χ4v) is 5.66. The van der Waals surface area contributed by atoms with Crippen LogP contribution in [0.3, 0.4) is 0 Å². The van der Waals surface area contributed by atoms with Crippen LogP contribution in [-0.4, -0.2) is 48.9 Å². The quantitative estimate of drug-likeness (QED) is 0.188. The van der Waals surface area contributed by atoms with Gasteiger partial charge in [0.2, 0.25) is 10.0 Å². The number of aliphatic hydroxyl groups excluding tert-OH is 1. The molecule has 1 fully saturated rings. The second-order valence-corrected chi connectivity index (χ2v) is 12.5. The Morgan fingerprint density at radius 3 is 2.36 bits per heavy atom. The number of nitrogens with zero attached hydrogens (tertiary/aromatic N) is 1. The molecule has 3 aromatic carbocycles. The lowest BCUT2D eigenvalue weighted by Gasteiger charge is -2.24. The first-order valence-corrected chi connectivity index (χ1v) is 16.1. The highest BCUT2D eigenvalue weighted by molar-refractivity contribution is 7.89. The van der Waals surface area contributed by atoms with Gasteiger partial charge in [-0.2, -0.15) is 0 Å². The average molecular weight is 626 g/mol. The summed E-state index contributed by atoms with van der Waals surface area (Å²) in [5.41, 5.74) is 7.81. The van der Waals surface area contributed by atoms with Crippen molar-refractivity contribution in [2.75, 3.05) is 6.26 Å². The first kappa shape index (κ1) is 32.4. The lowest BCUT2D eigenvalue weighted by atomic mass is 9.96. The van der Waals surface area contributed by atoms with Gasteiger partial charge in [0.25, 0.3) is 11.6 Å². The first-order chi connectivity index (χ1) is 20.9. The zero-order chi connectivity index (χ0) is 31.9. The lowest BCUT2D eigenvalue weighted by Crippen LogP contribution is -2.30.